The Morgan fingerprint density at radius 2 is 2.00 bits per heavy atom. The van der Waals surface area contributed by atoms with Crippen molar-refractivity contribution in [1.82, 2.24) is 15.3 Å². The summed E-state index contributed by atoms with van der Waals surface area (Å²) in [7, 11) is 0. The molecule has 0 radical (unpaired) electrons. The van der Waals surface area contributed by atoms with Crippen LogP contribution in [-0.2, 0) is 11.2 Å². The van der Waals surface area contributed by atoms with Gasteiger partial charge in [-0.25, -0.2) is 4.98 Å². The van der Waals surface area contributed by atoms with Crippen LogP contribution in [-0.4, -0.2) is 34.8 Å². The van der Waals surface area contributed by atoms with E-state index in [2.05, 4.69) is 15.3 Å². The van der Waals surface area contributed by atoms with Gasteiger partial charge in [-0.1, -0.05) is 6.07 Å². The molecule has 0 saturated heterocycles. The van der Waals surface area contributed by atoms with E-state index in [1.165, 1.54) is 0 Å². The zero-order valence-electron chi connectivity index (χ0n) is 14.4. The average molecular weight is 355 g/mol. The van der Waals surface area contributed by atoms with Gasteiger partial charge in [0.1, 0.15) is 6.10 Å². The van der Waals surface area contributed by atoms with E-state index in [0.29, 0.717) is 18.1 Å². The molecule has 1 fully saturated rings. The molecule has 1 aromatic carbocycles. The number of amides is 1. The third-order valence-corrected chi connectivity index (χ3v) is 4.67. The fraction of sp³-hybridized carbons (Fsp3) is 0.421. The zero-order chi connectivity index (χ0) is 17.8. The summed E-state index contributed by atoms with van der Waals surface area (Å²) in [4.78, 5) is 20.5. The number of aromatic nitrogens is 2. The lowest BCUT2D eigenvalue weighted by molar-refractivity contribution is -0.121. The number of nitrogens with one attached hydrogen (secondary N) is 1. The van der Waals surface area contributed by atoms with E-state index in [1.54, 1.807) is 18.6 Å². The van der Waals surface area contributed by atoms with Gasteiger partial charge >= 0.3 is 0 Å². The third kappa shape index (κ3) is 4.04. The normalized spacial score (nSPS) is 21.2. The minimum Gasteiger partial charge on any atom is -0.473 e. The molecular formula is C19H21N3O4. The highest BCUT2D eigenvalue weighted by molar-refractivity contribution is 5.79. The topological polar surface area (TPSA) is 82.6 Å². The van der Waals surface area contributed by atoms with Crippen LogP contribution in [0.15, 0.2) is 36.8 Å². The van der Waals surface area contributed by atoms with E-state index < -0.39 is 0 Å². The number of nitrogens with zero attached hydrogens (tertiary/aromatic N) is 2. The van der Waals surface area contributed by atoms with Crippen molar-refractivity contribution in [3.05, 3.63) is 42.4 Å². The maximum Gasteiger partial charge on any atom is 0.232 e. The summed E-state index contributed by atoms with van der Waals surface area (Å²) < 4.78 is 16.5. The van der Waals surface area contributed by atoms with Crippen LogP contribution in [0.3, 0.4) is 0 Å². The van der Waals surface area contributed by atoms with Crippen molar-refractivity contribution in [1.29, 1.82) is 0 Å². The molecule has 0 atom stereocenters. The maximum absolute atomic E-state index is 12.3. The van der Waals surface area contributed by atoms with Crippen LogP contribution in [0.5, 0.6) is 17.4 Å². The summed E-state index contributed by atoms with van der Waals surface area (Å²) in [5.41, 5.74) is 0.923. The second kappa shape index (κ2) is 7.59. The SMILES string of the molecule is O=C(Cc1ccc2c(c1)OCO2)NC1CCC(Oc2cnccn2)CC1. The molecule has 4 rings (SSSR count). The Kier molecular flexibility index (Phi) is 4.86. The number of fused-ring (bicyclic) bond motifs is 1. The van der Waals surface area contributed by atoms with E-state index >= 15 is 0 Å². The van der Waals surface area contributed by atoms with Crippen molar-refractivity contribution in [2.45, 2.75) is 44.2 Å². The molecule has 1 aromatic heterocycles. The molecule has 2 aromatic rings. The molecule has 7 nitrogen and oxygen atoms in total. The predicted octanol–water partition coefficient (Wildman–Crippen LogP) is 2.25. The Morgan fingerprint density at radius 1 is 1.15 bits per heavy atom. The number of benzene rings is 1. The van der Waals surface area contributed by atoms with E-state index in [-0.39, 0.29) is 24.8 Å². The van der Waals surface area contributed by atoms with E-state index in [0.717, 1.165) is 37.0 Å². The summed E-state index contributed by atoms with van der Waals surface area (Å²) >= 11 is 0. The van der Waals surface area contributed by atoms with Crippen molar-refractivity contribution in [3.8, 4) is 17.4 Å². The van der Waals surface area contributed by atoms with Crippen LogP contribution in [0.1, 0.15) is 31.2 Å². The molecule has 1 aliphatic heterocycles. The van der Waals surface area contributed by atoms with Crippen LogP contribution >= 0.6 is 0 Å². The zero-order valence-corrected chi connectivity index (χ0v) is 14.4. The number of ether oxygens (including phenoxy) is 3. The van der Waals surface area contributed by atoms with Gasteiger partial charge in [0, 0.05) is 18.4 Å². The minimum atomic E-state index is 0.0298. The summed E-state index contributed by atoms with van der Waals surface area (Å²) in [6, 6.07) is 5.81. The highest BCUT2D eigenvalue weighted by atomic mass is 16.7. The van der Waals surface area contributed by atoms with Crippen molar-refractivity contribution >= 4 is 5.91 Å². The first-order valence-corrected chi connectivity index (χ1v) is 8.87. The lowest BCUT2D eigenvalue weighted by Crippen LogP contribution is -2.40. The van der Waals surface area contributed by atoms with Gasteiger partial charge < -0.3 is 19.5 Å². The molecular weight excluding hydrogens is 334 g/mol. The van der Waals surface area contributed by atoms with Gasteiger partial charge in [-0.05, 0) is 43.4 Å². The van der Waals surface area contributed by atoms with Gasteiger partial charge in [0.2, 0.25) is 18.6 Å². The molecule has 1 amide bonds. The molecule has 136 valence electrons. The molecule has 1 N–H and O–H groups in total. The van der Waals surface area contributed by atoms with Crippen LogP contribution < -0.4 is 19.5 Å². The van der Waals surface area contributed by atoms with E-state index in [1.807, 2.05) is 18.2 Å². The first-order valence-electron chi connectivity index (χ1n) is 8.87. The monoisotopic (exact) mass is 355 g/mol. The first-order chi connectivity index (χ1) is 12.8. The minimum absolute atomic E-state index is 0.0298. The Labute approximate surface area is 151 Å². The third-order valence-electron chi connectivity index (χ3n) is 4.67. The Bertz CT molecular complexity index is 761. The smallest absolute Gasteiger partial charge is 0.232 e. The summed E-state index contributed by atoms with van der Waals surface area (Å²) in [6.07, 6.45) is 8.93. The Hall–Kier alpha value is -2.83. The standard InChI is InChI=1S/C19H21N3O4/c23-18(10-13-1-6-16-17(9-13)25-12-24-16)22-14-2-4-15(5-3-14)26-19-11-20-7-8-21-19/h1,6-9,11,14-15H,2-5,10,12H2,(H,22,23). The first kappa shape index (κ1) is 16.6. The molecule has 1 saturated carbocycles. The largest absolute Gasteiger partial charge is 0.473 e. The summed E-state index contributed by atoms with van der Waals surface area (Å²) in [6.45, 7) is 0.241. The van der Waals surface area contributed by atoms with Crippen molar-refractivity contribution < 1.29 is 19.0 Å². The van der Waals surface area contributed by atoms with Crippen LogP contribution in [0.4, 0.5) is 0 Å². The molecule has 0 unspecified atom stereocenters. The highest BCUT2D eigenvalue weighted by Gasteiger charge is 2.24. The quantitative estimate of drug-likeness (QED) is 0.886. The van der Waals surface area contributed by atoms with Gasteiger partial charge in [0.05, 0.1) is 12.6 Å². The summed E-state index contributed by atoms with van der Waals surface area (Å²) in [5, 5.41) is 3.12. The fourth-order valence-corrected chi connectivity index (χ4v) is 3.36. The predicted molar refractivity (Wildman–Crippen MR) is 93.1 cm³/mol. The van der Waals surface area contributed by atoms with Gasteiger partial charge in [-0.2, -0.15) is 0 Å². The molecule has 26 heavy (non-hydrogen) atoms. The number of hydrogen-bond acceptors (Lipinski definition) is 6. The fourth-order valence-electron chi connectivity index (χ4n) is 3.36. The highest BCUT2D eigenvalue weighted by Crippen LogP contribution is 2.32. The summed E-state index contributed by atoms with van der Waals surface area (Å²) in [5.74, 6) is 2.03. The average Bonchev–Trinajstić information content (AvgIpc) is 3.12. The Balaban J connectivity index is 1.23. The maximum atomic E-state index is 12.3. The van der Waals surface area contributed by atoms with Crippen molar-refractivity contribution in [3.63, 3.8) is 0 Å². The van der Waals surface area contributed by atoms with Crippen LogP contribution in [0.2, 0.25) is 0 Å². The second-order valence-corrected chi connectivity index (χ2v) is 6.57. The number of carbonyl (C=O) groups excluding carboxylic acids is 1. The molecule has 1 aliphatic carbocycles. The number of hydrogen-bond donors (Lipinski definition) is 1. The van der Waals surface area contributed by atoms with Gasteiger partial charge in [-0.15, -0.1) is 0 Å². The lowest BCUT2D eigenvalue weighted by atomic mass is 9.92. The molecule has 2 heterocycles. The van der Waals surface area contributed by atoms with E-state index in [9.17, 15) is 4.79 Å². The number of rotatable bonds is 5. The molecule has 0 bridgehead atoms. The van der Waals surface area contributed by atoms with Crippen LogP contribution in [0, 0.1) is 0 Å². The van der Waals surface area contributed by atoms with Crippen LogP contribution in [0.25, 0.3) is 0 Å². The second-order valence-electron chi connectivity index (χ2n) is 6.57. The van der Waals surface area contributed by atoms with Crippen molar-refractivity contribution in [2.75, 3.05) is 6.79 Å². The molecule has 0 spiro atoms. The van der Waals surface area contributed by atoms with Gasteiger partial charge in [0.25, 0.3) is 0 Å². The van der Waals surface area contributed by atoms with Gasteiger partial charge in [0.15, 0.2) is 11.5 Å². The molecule has 7 heteroatoms. The van der Waals surface area contributed by atoms with Gasteiger partial charge in [-0.3, -0.25) is 9.78 Å². The Morgan fingerprint density at radius 3 is 2.81 bits per heavy atom. The number of carbonyl (C=O) groups is 1. The molecule has 2 aliphatic rings. The van der Waals surface area contributed by atoms with E-state index in [4.69, 9.17) is 14.2 Å². The lowest BCUT2D eigenvalue weighted by Gasteiger charge is -2.29. The van der Waals surface area contributed by atoms with Crippen molar-refractivity contribution in [2.24, 2.45) is 0 Å².